The Morgan fingerprint density at radius 1 is 1.33 bits per heavy atom. The normalized spacial score (nSPS) is 14.1. The second kappa shape index (κ2) is 8.46. The van der Waals surface area contributed by atoms with E-state index < -0.39 is 0 Å². The van der Waals surface area contributed by atoms with Crippen LogP contribution in [0, 0.1) is 19.8 Å². The van der Waals surface area contributed by atoms with Crippen molar-refractivity contribution in [2.24, 2.45) is 5.92 Å². The van der Waals surface area contributed by atoms with Gasteiger partial charge >= 0.3 is 0 Å². The number of Topliss-reactive ketones (excluding diaryl/α,β-unsaturated/α-hetero) is 1. The first-order valence-corrected chi connectivity index (χ1v) is 10.8. The summed E-state index contributed by atoms with van der Waals surface area (Å²) in [7, 11) is 0. The largest absolute Gasteiger partial charge is 0.348 e. The zero-order valence-electron chi connectivity index (χ0n) is 16.9. The van der Waals surface area contributed by atoms with Gasteiger partial charge < -0.3 is 9.13 Å². The Morgan fingerprint density at radius 3 is 2.70 bits per heavy atom. The van der Waals surface area contributed by atoms with Gasteiger partial charge in [0, 0.05) is 36.0 Å². The summed E-state index contributed by atoms with van der Waals surface area (Å²) in [6, 6.07) is 2.03. The van der Waals surface area contributed by atoms with E-state index in [4.69, 9.17) is 0 Å². The standard InChI is InChI=1S/C21H30N4OS/c1-6-10-25-20(17-7-8-17)22-23-21(25)27-13-19(26)18-12-15(4)24(16(18)5)11-9-14(2)3/h6,12,14,17H,1,7-11,13H2,2-5H3. The van der Waals surface area contributed by atoms with Crippen molar-refractivity contribution in [1.29, 1.82) is 0 Å². The van der Waals surface area contributed by atoms with Gasteiger partial charge in [-0.05, 0) is 45.1 Å². The van der Waals surface area contributed by atoms with Gasteiger partial charge in [0.15, 0.2) is 10.9 Å². The van der Waals surface area contributed by atoms with Gasteiger partial charge in [-0.15, -0.1) is 16.8 Å². The molecule has 27 heavy (non-hydrogen) atoms. The minimum Gasteiger partial charge on any atom is -0.348 e. The Labute approximate surface area is 166 Å². The molecule has 0 atom stereocenters. The number of carbonyl (C=O) groups is 1. The molecule has 0 radical (unpaired) electrons. The monoisotopic (exact) mass is 386 g/mol. The van der Waals surface area contributed by atoms with Gasteiger partial charge in [0.25, 0.3) is 0 Å². The zero-order chi connectivity index (χ0) is 19.6. The molecule has 0 bridgehead atoms. The molecule has 0 amide bonds. The molecule has 2 heterocycles. The van der Waals surface area contributed by atoms with Crippen molar-refractivity contribution < 1.29 is 4.79 Å². The number of thioether (sulfide) groups is 1. The molecule has 0 saturated heterocycles. The molecule has 0 spiro atoms. The van der Waals surface area contributed by atoms with Crippen LogP contribution < -0.4 is 0 Å². The van der Waals surface area contributed by atoms with Crippen molar-refractivity contribution in [3.05, 3.63) is 41.5 Å². The van der Waals surface area contributed by atoms with Gasteiger partial charge in [-0.2, -0.15) is 0 Å². The summed E-state index contributed by atoms with van der Waals surface area (Å²) in [5.41, 5.74) is 3.07. The van der Waals surface area contributed by atoms with Gasteiger partial charge in [0.1, 0.15) is 5.82 Å². The van der Waals surface area contributed by atoms with Crippen LogP contribution in [0.2, 0.25) is 0 Å². The highest BCUT2D eigenvalue weighted by molar-refractivity contribution is 7.99. The molecular formula is C21H30N4OS. The lowest BCUT2D eigenvalue weighted by molar-refractivity contribution is 0.102. The maximum atomic E-state index is 12.9. The first-order chi connectivity index (χ1) is 12.9. The maximum Gasteiger partial charge on any atom is 0.191 e. The van der Waals surface area contributed by atoms with Crippen LogP contribution in [0.5, 0.6) is 0 Å². The molecule has 0 N–H and O–H groups in total. The molecule has 2 aromatic heterocycles. The molecule has 0 aromatic carbocycles. The predicted molar refractivity (Wildman–Crippen MR) is 111 cm³/mol. The van der Waals surface area contributed by atoms with Gasteiger partial charge in [0.05, 0.1) is 5.75 Å². The highest BCUT2D eigenvalue weighted by Gasteiger charge is 2.30. The van der Waals surface area contributed by atoms with Crippen LogP contribution in [0.1, 0.15) is 66.6 Å². The van der Waals surface area contributed by atoms with E-state index in [1.807, 2.05) is 12.1 Å². The van der Waals surface area contributed by atoms with Crippen LogP contribution in [0.25, 0.3) is 0 Å². The van der Waals surface area contributed by atoms with Crippen molar-refractivity contribution in [3.63, 3.8) is 0 Å². The molecule has 1 aliphatic carbocycles. The van der Waals surface area contributed by atoms with Crippen LogP contribution in [0.4, 0.5) is 0 Å². The van der Waals surface area contributed by atoms with Crippen LogP contribution in [0.15, 0.2) is 23.9 Å². The molecule has 3 rings (SSSR count). The SMILES string of the molecule is C=CCn1c(SCC(=O)c2cc(C)n(CCC(C)C)c2C)nnc1C1CC1. The molecule has 5 nitrogen and oxygen atoms in total. The first-order valence-electron chi connectivity index (χ1n) is 9.79. The first kappa shape index (κ1) is 19.9. The Morgan fingerprint density at radius 2 is 2.07 bits per heavy atom. The van der Waals surface area contributed by atoms with Gasteiger partial charge in [-0.3, -0.25) is 4.79 Å². The number of nitrogens with zero attached hydrogens (tertiary/aromatic N) is 4. The fraction of sp³-hybridized carbons (Fsp3) is 0.571. The summed E-state index contributed by atoms with van der Waals surface area (Å²) in [6.07, 6.45) is 5.35. The highest BCUT2D eigenvalue weighted by Crippen LogP contribution is 2.40. The van der Waals surface area contributed by atoms with E-state index in [0.29, 0.717) is 24.1 Å². The molecule has 0 unspecified atom stereocenters. The molecule has 6 heteroatoms. The topological polar surface area (TPSA) is 52.7 Å². The number of aromatic nitrogens is 4. The molecule has 0 aliphatic heterocycles. The summed E-state index contributed by atoms with van der Waals surface area (Å²) >= 11 is 1.48. The van der Waals surface area contributed by atoms with E-state index in [-0.39, 0.29) is 5.78 Å². The number of hydrogen-bond acceptors (Lipinski definition) is 4. The Hall–Kier alpha value is -1.82. The van der Waals surface area contributed by atoms with E-state index in [0.717, 1.165) is 40.9 Å². The third-order valence-corrected chi connectivity index (χ3v) is 6.10. The second-order valence-corrected chi connectivity index (χ2v) is 8.79. The fourth-order valence-electron chi connectivity index (χ4n) is 3.37. The van der Waals surface area contributed by atoms with Crippen molar-refractivity contribution >= 4 is 17.5 Å². The second-order valence-electron chi connectivity index (χ2n) is 7.85. The minimum absolute atomic E-state index is 0.157. The molecule has 1 saturated carbocycles. The summed E-state index contributed by atoms with van der Waals surface area (Å²) in [4.78, 5) is 12.9. The lowest BCUT2D eigenvalue weighted by Crippen LogP contribution is -2.09. The van der Waals surface area contributed by atoms with Gasteiger partial charge in [0.2, 0.25) is 0 Å². The number of hydrogen-bond donors (Lipinski definition) is 0. The Balaban J connectivity index is 1.69. The van der Waals surface area contributed by atoms with E-state index >= 15 is 0 Å². The number of allylic oxidation sites excluding steroid dienone is 1. The highest BCUT2D eigenvalue weighted by atomic mass is 32.2. The van der Waals surface area contributed by atoms with Gasteiger partial charge in [-0.25, -0.2) is 0 Å². The molecule has 1 aliphatic rings. The van der Waals surface area contributed by atoms with Gasteiger partial charge in [-0.1, -0.05) is 31.7 Å². The molecule has 2 aromatic rings. The average Bonchev–Trinajstić information content (AvgIpc) is 3.33. The van der Waals surface area contributed by atoms with Crippen LogP contribution in [0.3, 0.4) is 0 Å². The van der Waals surface area contributed by atoms with Crippen molar-refractivity contribution in [3.8, 4) is 0 Å². The van der Waals surface area contributed by atoms with E-state index in [2.05, 4.69) is 53.6 Å². The van der Waals surface area contributed by atoms with Crippen molar-refractivity contribution in [2.75, 3.05) is 5.75 Å². The van der Waals surface area contributed by atoms with E-state index in [9.17, 15) is 4.79 Å². The average molecular weight is 387 g/mol. The zero-order valence-corrected chi connectivity index (χ0v) is 17.7. The number of carbonyl (C=O) groups excluding carboxylic acids is 1. The third kappa shape index (κ3) is 4.54. The van der Waals surface area contributed by atoms with Crippen molar-refractivity contribution in [2.45, 2.75) is 71.1 Å². The predicted octanol–water partition coefficient (Wildman–Crippen LogP) is 4.78. The lowest BCUT2D eigenvalue weighted by Gasteiger charge is -2.11. The smallest absolute Gasteiger partial charge is 0.191 e. The Kier molecular flexibility index (Phi) is 6.25. The number of aryl methyl sites for hydroxylation is 1. The van der Waals surface area contributed by atoms with Crippen LogP contribution in [-0.2, 0) is 13.1 Å². The van der Waals surface area contributed by atoms with Crippen molar-refractivity contribution in [1.82, 2.24) is 19.3 Å². The van der Waals surface area contributed by atoms with Crippen LogP contribution in [-0.4, -0.2) is 30.9 Å². The summed E-state index contributed by atoms with van der Waals surface area (Å²) in [6.45, 7) is 14.1. The summed E-state index contributed by atoms with van der Waals surface area (Å²) in [5.74, 6) is 2.76. The Bertz CT molecular complexity index is 830. The number of rotatable bonds is 10. The van der Waals surface area contributed by atoms with E-state index in [1.54, 1.807) is 0 Å². The fourth-order valence-corrected chi connectivity index (χ4v) is 4.21. The summed E-state index contributed by atoms with van der Waals surface area (Å²) in [5, 5.41) is 9.50. The lowest BCUT2D eigenvalue weighted by atomic mass is 10.1. The molecular weight excluding hydrogens is 356 g/mol. The number of ketones is 1. The molecule has 146 valence electrons. The molecule has 1 fully saturated rings. The maximum absolute atomic E-state index is 12.9. The minimum atomic E-state index is 0.157. The third-order valence-electron chi connectivity index (χ3n) is 5.14. The quantitative estimate of drug-likeness (QED) is 0.335. The van der Waals surface area contributed by atoms with Crippen LogP contribution >= 0.6 is 11.8 Å². The summed E-state index contributed by atoms with van der Waals surface area (Å²) < 4.78 is 4.37. The van der Waals surface area contributed by atoms with E-state index in [1.165, 1.54) is 24.6 Å².